The standard InChI is InChI=1S/C24H27N3O3/c28-23(21-17-20-9-4-5-10-22(20)30-24(21)29)25-11-6-12-26-13-15-27(16-14-26)18-19-7-2-1-3-8-19/h1-5,7-10,17H,6,11-16,18H2,(H,25,28). The first-order chi connectivity index (χ1) is 14.7. The molecular weight excluding hydrogens is 378 g/mol. The lowest BCUT2D eigenvalue weighted by Gasteiger charge is -2.34. The Hall–Kier alpha value is -2.96. The molecule has 1 aliphatic rings. The first-order valence-corrected chi connectivity index (χ1v) is 10.5. The molecule has 6 nitrogen and oxygen atoms in total. The molecule has 1 N–H and O–H groups in total. The minimum Gasteiger partial charge on any atom is -0.422 e. The Kier molecular flexibility index (Phi) is 6.57. The van der Waals surface area contributed by atoms with E-state index < -0.39 is 5.63 Å². The number of carbonyl (C=O) groups is 1. The molecule has 6 heteroatoms. The highest BCUT2D eigenvalue weighted by atomic mass is 16.4. The molecule has 2 heterocycles. The molecule has 1 aliphatic heterocycles. The van der Waals surface area contributed by atoms with E-state index in [0.717, 1.165) is 51.1 Å². The zero-order chi connectivity index (χ0) is 20.8. The van der Waals surface area contributed by atoms with Gasteiger partial charge >= 0.3 is 5.63 Å². The summed E-state index contributed by atoms with van der Waals surface area (Å²) in [4.78, 5) is 29.4. The van der Waals surface area contributed by atoms with Gasteiger partial charge in [0.25, 0.3) is 5.91 Å². The van der Waals surface area contributed by atoms with Crippen molar-refractivity contribution in [2.45, 2.75) is 13.0 Å². The number of rotatable bonds is 7. The molecule has 156 valence electrons. The molecule has 1 saturated heterocycles. The number of carbonyl (C=O) groups excluding carboxylic acids is 1. The quantitative estimate of drug-likeness (QED) is 0.484. The first-order valence-electron chi connectivity index (χ1n) is 10.5. The summed E-state index contributed by atoms with van der Waals surface area (Å²) in [5.41, 5.74) is 1.31. The van der Waals surface area contributed by atoms with Crippen LogP contribution in [0.5, 0.6) is 0 Å². The van der Waals surface area contributed by atoms with Crippen molar-refractivity contribution in [1.82, 2.24) is 15.1 Å². The predicted molar refractivity (Wildman–Crippen MR) is 118 cm³/mol. The molecule has 4 rings (SSSR count). The van der Waals surface area contributed by atoms with Crippen molar-refractivity contribution in [1.29, 1.82) is 0 Å². The maximum Gasteiger partial charge on any atom is 0.349 e. The van der Waals surface area contributed by atoms with Crippen LogP contribution in [0.2, 0.25) is 0 Å². The van der Waals surface area contributed by atoms with Crippen molar-refractivity contribution in [3.63, 3.8) is 0 Å². The zero-order valence-corrected chi connectivity index (χ0v) is 17.0. The summed E-state index contributed by atoms with van der Waals surface area (Å²) in [5.74, 6) is -0.373. The lowest BCUT2D eigenvalue weighted by Crippen LogP contribution is -2.46. The Morgan fingerprint density at radius 2 is 1.63 bits per heavy atom. The smallest absolute Gasteiger partial charge is 0.349 e. The number of hydrogen-bond donors (Lipinski definition) is 1. The van der Waals surface area contributed by atoms with Gasteiger partial charge in [-0.15, -0.1) is 0 Å². The Morgan fingerprint density at radius 3 is 2.43 bits per heavy atom. The van der Waals surface area contributed by atoms with Crippen LogP contribution in [0, 0.1) is 0 Å². The average molecular weight is 405 g/mol. The summed E-state index contributed by atoms with van der Waals surface area (Å²) in [6.07, 6.45) is 0.851. The second-order valence-corrected chi connectivity index (χ2v) is 7.70. The van der Waals surface area contributed by atoms with Crippen molar-refractivity contribution in [3.8, 4) is 0 Å². The topological polar surface area (TPSA) is 65.8 Å². The minimum absolute atomic E-state index is 0.0585. The molecule has 1 aromatic heterocycles. The maximum absolute atomic E-state index is 12.4. The maximum atomic E-state index is 12.4. The van der Waals surface area contributed by atoms with Crippen LogP contribution in [0.25, 0.3) is 11.0 Å². The molecule has 0 spiro atoms. The summed E-state index contributed by atoms with van der Waals surface area (Å²) >= 11 is 0. The summed E-state index contributed by atoms with van der Waals surface area (Å²) < 4.78 is 5.24. The second kappa shape index (κ2) is 9.69. The van der Waals surface area contributed by atoms with E-state index in [1.54, 1.807) is 18.2 Å². The van der Waals surface area contributed by atoms with Gasteiger partial charge in [0, 0.05) is 44.7 Å². The van der Waals surface area contributed by atoms with E-state index in [4.69, 9.17) is 4.42 Å². The van der Waals surface area contributed by atoms with Crippen LogP contribution >= 0.6 is 0 Å². The van der Waals surface area contributed by atoms with Crippen LogP contribution in [-0.2, 0) is 6.54 Å². The summed E-state index contributed by atoms with van der Waals surface area (Å²) in [6.45, 7) is 6.66. The van der Waals surface area contributed by atoms with Gasteiger partial charge in [0.05, 0.1) is 0 Å². The molecule has 0 radical (unpaired) electrons. The third-order valence-electron chi connectivity index (χ3n) is 5.54. The van der Waals surface area contributed by atoms with E-state index in [-0.39, 0.29) is 11.5 Å². The van der Waals surface area contributed by atoms with Crippen molar-refractivity contribution in [2.75, 3.05) is 39.3 Å². The van der Waals surface area contributed by atoms with Gasteiger partial charge in [-0.3, -0.25) is 9.69 Å². The number of para-hydroxylation sites is 1. The number of piperazine rings is 1. The SMILES string of the molecule is O=C(NCCCN1CCN(Cc2ccccc2)CC1)c1cc2ccccc2oc1=O. The number of fused-ring (bicyclic) bond motifs is 1. The van der Waals surface area contributed by atoms with Gasteiger partial charge in [-0.2, -0.15) is 0 Å². The number of nitrogens with zero attached hydrogens (tertiary/aromatic N) is 2. The molecule has 30 heavy (non-hydrogen) atoms. The molecule has 0 atom stereocenters. The Labute approximate surface area is 176 Å². The molecule has 0 unspecified atom stereocenters. The molecule has 3 aromatic rings. The van der Waals surface area contributed by atoms with E-state index in [2.05, 4.69) is 39.4 Å². The summed E-state index contributed by atoms with van der Waals surface area (Å²) in [5, 5.41) is 3.60. The summed E-state index contributed by atoms with van der Waals surface area (Å²) in [6, 6.07) is 19.4. The Bertz CT molecular complexity index is 1040. The third kappa shape index (κ3) is 5.14. The van der Waals surface area contributed by atoms with Crippen LogP contribution in [0.3, 0.4) is 0 Å². The van der Waals surface area contributed by atoms with E-state index in [9.17, 15) is 9.59 Å². The number of amides is 1. The van der Waals surface area contributed by atoms with Gasteiger partial charge in [-0.05, 0) is 30.7 Å². The van der Waals surface area contributed by atoms with Crippen LogP contribution < -0.4 is 10.9 Å². The lowest BCUT2D eigenvalue weighted by atomic mass is 10.2. The number of nitrogens with one attached hydrogen (secondary N) is 1. The largest absolute Gasteiger partial charge is 0.422 e. The molecule has 0 saturated carbocycles. The van der Waals surface area contributed by atoms with Gasteiger partial charge in [0.1, 0.15) is 11.1 Å². The predicted octanol–water partition coefficient (Wildman–Crippen LogP) is 2.73. The van der Waals surface area contributed by atoms with Gasteiger partial charge < -0.3 is 14.6 Å². The van der Waals surface area contributed by atoms with Crippen molar-refractivity contribution >= 4 is 16.9 Å². The second-order valence-electron chi connectivity index (χ2n) is 7.70. The number of benzene rings is 2. The van der Waals surface area contributed by atoms with Crippen molar-refractivity contribution < 1.29 is 9.21 Å². The highest BCUT2D eigenvalue weighted by molar-refractivity contribution is 5.96. The summed E-state index contributed by atoms with van der Waals surface area (Å²) in [7, 11) is 0. The van der Waals surface area contributed by atoms with Crippen molar-refractivity contribution in [2.24, 2.45) is 0 Å². The molecular formula is C24H27N3O3. The van der Waals surface area contributed by atoms with Gasteiger partial charge in [0.15, 0.2) is 0 Å². The number of hydrogen-bond acceptors (Lipinski definition) is 5. The fourth-order valence-corrected chi connectivity index (χ4v) is 3.83. The first kappa shape index (κ1) is 20.3. The fourth-order valence-electron chi connectivity index (χ4n) is 3.83. The van der Waals surface area contributed by atoms with E-state index in [1.807, 2.05) is 18.2 Å². The van der Waals surface area contributed by atoms with Crippen LogP contribution in [0.4, 0.5) is 0 Å². The van der Waals surface area contributed by atoms with E-state index in [1.165, 1.54) is 5.56 Å². The normalized spacial score (nSPS) is 15.3. The fraction of sp³-hybridized carbons (Fsp3) is 0.333. The molecule has 1 amide bonds. The lowest BCUT2D eigenvalue weighted by molar-refractivity contribution is 0.0943. The van der Waals surface area contributed by atoms with Gasteiger partial charge in [-0.25, -0.2) is 4.79 Å². The molecule has 0 bridgehead atoms. The molecule has 1 fully saturated rings. The Morgan fingerprint density at radius 1 is 0.933 bits per heavy atom. The molecule has 0 aliphatic carbocycles. The highest BCUT2D eigenvalue weighted by Gasteiger charge is 2.17. The van der Waals surface area contributed by atoms with Crippen LogP contribution in [0.1, 0.15) is 22.3 Å². The zero-order valence-electron chi connectivity index (χ0n) is 17.0. The van der Waals surface area contributed by atoms with Gasteiger partial charge in [0.2, 0.25) is 0 Å². The monoisotopic (exact) mass is 405 g/mol. The average Bonchev–Trinajstić information content (AvgIpc) is 2.78. The van der Waals surface area contributed by atoms with E-state index >= 15 is 0 Å². The Balaban J connectivity index is 1.19. The van der Waals surface area contributed by atoms with Crippen LogP contribution in [0.15, 0.2) is 69.9 Å². The highest BCUT2D eigenvalue weighted by Crippen LogP contribution is 2.12. The van der Waals surface area contributed by atoms with Crippen LogP contribution in [-0.4, -0.2) is 55.0 Å². The third-order valence-corrected chi connectivity index (χ3v) is 5.54. The van der Waals surface area contributed by atoms with E-state index in [0.29, 0.717) is 12.1 Å². The van der Waals surface area contributed by atoms with Crippen molar-refractivity contribution in [3.05, 3.63) is 82.2 Å². The van der Waals surface area contributed by atoms with Gasteiger partial charge in [-0.1, -0.05) is 48.5 Å². The minimum atomic E-state index is -0.597. The molecule has 2 aromatic carbocycles.